The normalized spacial score (nSPS) is 22.4. The Kier molecular flexibility index (Phi) is 4.45. The van der Waals surface area contributed by atoms with Gasteiger partial charge in [-0.05, 0) is 61.3 Å². The van der Waals surface area contributed by atoms with Gasteiger partial charge in [0.1, 0.15) is 0 Å². The first-order valence-corrected chi connectivity index (χ1v) is 10.1. The van der Waals surface area contributed by atoms with Crippen molar-refractivity contribution in [2.24, 2.45) is 0 Å². The number of benzene rings is 2. The Morgan fingerprint density at radius 3 is 2.76 bits per heavy atom. The van der Waals surface area contributed by atoms with E-state index in [-0.39, 0.29) is 11.3 Å². The smallest absolute Gasteiger partial charge is 0.251 e. The van der Waals surface area contributed by atoms with Crippen LogP contribution in [-0.4, -0.2) is 40.0 Å². The van der Waals surface area contributed by atoms with E-state index in [1.807, 2.05) is 48.7 Å². The molecule has 0 bridgehead atoms. The number of aliphatic hydroxyl groups is 1. The number of aliphatic hydroxyl groups excluding tert-OH is 1. The fourth-order valence-electron chi connectivity index (χ4n) is 4.90. The molecule has 2 aliphatic rings. The van der Waals surface area contributed by atoms with Crippen molar-refractivity contribution < 1.29 is 9.90 Å². The second-order valence-electron chi connectivity index (χ2n) is 7.89. The van der Waals surface area contributed by atoms with Crippen molar-refractivity contribution in [1.29, 1.82) is 0 Å². The maximum absolute atomic E-state index is 13.1. The third-order valence-electron chi connectivity index (χ3n) is 6.37. The van der Waals surface area contributed by atoms with Crippen LogP contribution in [0.1, 0.15) is 40.4 Å². The van der Waals surface area contributed by atoms with Gasteiger partial charge in [-0.25, -0.2) is 4.68 Å². The molecule has 29 heavy (non-hydrogen) atoms. The first-order valence-electron chi connectivity index (χ1n) is 10.1. The summed E-state index contributed by atoms with van der Waals surface area (Å²) in [7, 11) is 0. The SMILES string of the molecule is O=C(N[C@@H]1c2ccccc2C2(CCNCC2)[C@H]1O)c1cccc(-n2cccn2)c1. The Morgan fingerprint density at radius 1 is 1.14 bits per heavy atom. The van der Waals surface area contributed by atoms with Crippen LogP contribution in [0.15, 0.2) is 67.0 Å². The van der Waals surface area contributed by atoms with Gasteiger partial charge in [-0.15, -0.1) is 0 Å². The number of aromatic nitrogens is 2. The molecule has 1 aromatic heterocycles. The van der Waals surface area contributed by atoms with Crippen LogP contribution in [0.5, 0.6) is 0 Å². The van der Waals surface area contributed by atoms with E-state index in [4.69, 9.17) is 0 Å². The fraction of sp³-hybridized carbons (Fsp3) is 0.304. The van der Waals surface area contributed by atoms with Crippen molar-refractivity contribution >= 4 is 5.91 Å². The van der Waals surface area contributed by atoms with Gasteiger partial charge in [0.25, 0.3) is 5.91 Å². The number of piperidine rings is 1. The highest BCUT2D eigenvalue weighted by Crippen LogP contribution is 2.50. The lowest BCUT2D eigenvalue weighted by molar-refractivity contribution is 0.0418. The molecule has 1 amide bonds. The average molecular weight is 388 g/mol. The molecule has 148 valence electrons. The lowest BCUT2D eigenvalue weighted by Crippen LogP contribution is -2.48. The number of nitrogens with one attached hydrogen (secondary N) is 2. The Balaban J connectivity index is 1.45. The molecular formula is C23H24N4O2. The summed E-state index contributed by atoms with van der Waals surface area (Å²) in [5.74, 6) is -0.191. The molecule has 2 aromatic carbocycles. The van der Waals surface area contributed by atoms with Crippen LogP contribution in [0.25, 0.3) is 5.69 Å². The monoisotopic (exact) mass is 388 g/mol. The van der Waals surface area contributed by atoms with Crippen LogP contribution in [0.2, 0.25) is 0 Å². The molecule has 3 aromatic rings. The standard InChI is InChI=1S/C23H24N4O2/c28-21-20(18-7-1-2-8-19(18)23(21)9-12-24-13-10-23)26-22(29)16-5-3-6-17(15-16)27-14-4-11-25-27/h1-8,11,14-15,20-21,24,28H,9-10,12-13H2,(H,26,29)/t20-,21+/m1/s1. The molecule has 2 heterocycles. The number of hydrogen-bond donors (Lipinski definition) is 3. The van der Waals surface area contributed by atoms with Crippen molar-refractivity contribution in [3.63, 3.8) is 0 Å². The van der Waals surface area contributed by atoms with E-state index in [9.17, 15) is 9.90 Å². The van der Waals surface area contributed by atoms with Gasteiger partial charge >= 0.3 is 0 Å². The van der Waals surface area contributed by atoms with Gasteiger partial charge in [0.2, 0.25) is 0 Å². The highest BCUT2D eigenvalue weighted by atomic mass is 16.3. The minimum Gasteiger partial charge on any atom is -0.390 e. The van der Waals surface area contributed by atoms with E-state index in [0.717, 1.165) is 37.2 Å². The molecular weight excluding hydrogens is 364 g/mol. The molecule has 5 rings (SSSR count). The summed E-state index contributed by atoms with van der Waals surface area (Å²) in [5.41, 5.74) is 3.28. The molecule has 0 unspecified atom stereocenters. The van der Waals surface area contributed by atoms with Crippen molar-refractivity contribution in [1.82, 2.24) is 20.4 Å². The van der Waals surface area contributed by atoms with Gasteiger partial charge < -0.3 is 15.7 Å². The largest absolute Gasteiger partial charge is 0.390 e. The van der Waals surface area contributed by atoms with E-state index in [1.165, 1.54) is 5.56 Å². The number of carbonyl (C=O) groups is 1. The second-order valence-corrected chi connectivity index (χ2v) is 7.89. The van der Waals surface area contributed by atoms with Crippen LogP contribution < -0.4 is 10.6 Å². The van der Waals surface area contributed by atoms with E-state index in [0.29, 0.717) is 5.56 Å². The number of carbonyl (C=O) groups excluding carboxylic acids is 1. The van der Waals surface area contributed by atoms with Crippen LogP contribution in [0, 0.1) is 0 Å². The Labute approximate surface area is 169 Å². The molecule has 0 radical (unpaired) electrons. The molecule has 3 N–H and O–H groups in total. The summed E-state index contributed by atoms with van der Waals surface area (Å²) in [6, 6.07) is 16.9. The minimum atomic E-state index is -0.639. The fourth-order valence-corrected chi connectivity index (χ4v) is 4.90. The summed E-state index contributed by atoms with van der Waals surface area (Å²) in [6.45, 7) is 1.75. The number of rotatable bonds is 3. The summed E-state index contributed by atoms with van der Waals surface area (Å²) in [5, 5.41) is 22.0. The topological polar surface area (TPSA) is 79.2 Å². The maximum atomic E-state index is 13.1. The predicted octanol–water partition coefficient (Wildman–Crippen LogP) is 2.34. The molecule has 2 atom stereocenters. The highest BCUT2D eigenvalue weighted by molar-refractivity contribution is 5.95. The zero-order valence-electron chi connectivity index (χ0n) is 16.1. The summed E-state index contributed by atoms with van der Waals surface area (Å²) in [4.78, 5) is 13.1. The van der Waals surface area contributed by atoms with E-state index in [1.54, 1.807) is 16.9 Å². The molecule has 1 spiro atoms. The van der Waals surface area contributed by atoms with Gasteiger partial charge in [0.15, 0.2) is 0 Å². The lowest BCUT2D eigenvalue weighted by atomic mass is 9.72. The highest BCUT2D eigenvalue weighted by Gasteiger charge is 2.52. The van der Waals surface area contributed by atoms with Crippen LogP contribution in [0.4, 0.5) is 0 Å². The molecule has 0 saturated carbocycles. The van der Waals surface area contributed by atoms with Crippen molar-refractivity contribution in [2.45, 2.75) is 30.4 Å². The average Bonchev–Trinajstić information content (AvgIpc) is 3.38. The predicted molar refractivity (Wildman–Crippen MR) is 110 cm³/mol. The Morgan fingerprint density at radius 2 is 1.97 bits per heavy atom. The molecule has 1 saturated heterocycles. The zero-order chi connectivity index (χ0) is 19.8. The minimum absolute atomic E-state index is 0.191. The van der Waals surface area contributed by atoms with E-state index in [2.05, 4.69) is 21.8 Å². The maximum Gasteiger partial charge on any atom is 0.251 e. The molecule has 6 nitrogen and oxygen atoms in total. The van der Waals surface area contributed by atoms with Crippen molar-refractivity contribution in [3.8, 4) is 5.69 Å². The Bertz CT molecular complexity index is 1020. The first-order chi connectivity index (χ1) is 14.2. The van der Waals surface area contributed by atoms with Crippen LogP contribution >= 0.6 is 0 Å². The summed E-state index contributed by atoms with van der Waals surface area (Å²) >= 11 is 0. The molecule has 6 heteroatoms. The molecule has 1 fully saturated rings. The molecule has 1 aliphatic carbocycles. The van der Waals surface area contributed by atoms with Crippen LogP contribution in [-0.2, 0) is 5.41 Å². The Hall–Kier alpha value is -2.96. The van der Waals surface area contributed by atoms with Gasteiger partial charge in [-0.1, -0.05) is 30.3 Å². The second kappa shape index (κ2) is 7.13. The number of fused-ring (bicyclic) bond motifs is 2. The van der Waals surface area contributed by atoms with Crippen molar-refractivity contribution in [3.05, 3.63) is 83.7 Å². The number of nitrogens with zero attached hydrogens (tertiary/aromatic N) is 2. The van der Waals surface area contributed by atoms with Gasteiger partial charge in [-0.2, -0.15) is 5.10 Å². The van der Waals surface area contributed by atoms with E-state index < -0.39 is 12.1 Å². The zero-order valence-corrected chi connectivity index (χ0v) is 16.1. The van der Waals surface area contributed by atoms with E-state index >= 15 is 0 Å². The lowest BCUT2D eigenvalue weighted by Gasteiger charge is -2.38. The first kappa shape index (κ1) is 18.1. The van der Waals surface area contributed by atoms with Gasteiger partial charge in [0, 0.05) is 23.4 Å². The summed E-state index contributed by atoms with van der Waals surface area (Å²) in [6.07, 6.45) is 4.64. The quantitative estimate of drug-likeness (QED) is 0.644. The van der Waals surface area contributed by atoms with Crippen molar-refractivity contribution in [2.75, 3.05) is 13.1 Å². The van der Waals surface area contributed by atoms with Gasteiger partial charge in [0.05, 0.1) is 17.8 Å². The number of amides is 1. The summed E-state index contributed by atoms with van der Waals surface area (Å²) < 4.78 is 1.72. The number of hydrogen-bond acceptors (Lipinski definition) is 4. The third kappa shape index (κ3) is 2.96. The van der Waals surface area contributed by atoms with Gasteiger partial charge in [-0.3, -0.25) is 4.79 Å². The molecule has 1 aliphatic heterocycles. The van der Waals surface area contributed by atoms with Crippen LogP contribution in [0.3, 0.4) is 0 Å². The third-order valence-corrected chi connectivity index (χ3v) is 6.37.